The van der Waals surface area contributed by atoms with Crippen LogP contribution in [0.5, 0.6) is 0 Å². The maximum Gasteiger partial charge on any atom is 0.168 e. The van der Waals surface area contributed by atoms with Crippen LogP contribution < -0.4 is 0 Å². The van der Waals surface area contributed by atoms with E-state index in [0.717, 1.165) is 18.8 Å². The summed E-state index contributed by atoms with van der Waals surface area (Å²) in [5.41, 5.74) is 1.88. The van der Waals surface area contributed by atoms with Crippen molar-refractivity contribution >= 4 is 0 Å². The lowest BCUT2D eigenvalue weighted by molar-refractivity contribution is -0.247. The zero-order valence-electron chi connectivity index (χ0n) is 13.6. The third-order valence-corrected chi connectivity index (χ3v) is 8.14. The van der Waals surface area contributed by atoms with Crippen LogP contribution in [0.3, 0.4) is 0 Å². The summed E-state index contributed by atoms with van der Waals surface area (Å²) in [7, 11) is 0. The highest BCUT2D eigenvalue weighted by Gasteiger charge is 2.63. The molecule has 0 aromatic carbocycles. The summed E-state index contributed by atoms with van der Waals surface area (Å²) in [6, 6.07) is 0. The second kappa shape index (κ2) is 4.35. The summed E-state index contributed by atoms with van der Waals surface area (Å²) in [4.78, 5) is 0. The van der Waals surface area contributed by atoms with Gasteiger partial charge in [-0.15, -0.1) is 0 Å². The van der Waals surface area contributed by atoms with E-state index in [9.17, 15) is 10.2 Å². The molecule has 21 heavy (non-hydrogen) atoms. The van der Waals surface area contributed by atoms with E-state index in [4.69, 9.17) is 0 Å². The van der Waals surface area contributed by atoms with Crippen LogP contribution in [0.4, 0.5) is 0 Å². The Morgan fingerprint density at radius 2 is 1.76 bits per heavy atom. The lowest BCUT2D eigenvalue weighted by Crippen LogP contribution is -2.54. The van der Waals surface area contributed by atoms with Gasteiger partial charge < -0.3 is 10.2 Å². The molecule has 2 nitrogen and oxygen atoms in total. The van der Waals surface area contributed by atoms with Crippen LogP contribution in [0, 0.1) is 28.6 Å². The van der Waals surface area contributed by atoms with Gasteiger partial charge in [0.2, 0.25) is 0 Å². The minimum atomic E-state index is -1.42. The van der Waals surface area contributed by atoms with Gasteiger partial charge in [0.05, 0.1) is 0 Å². The Labute approximate surface area is 128 Å². The van der Waals surface area contributed by atoms with Gasteiger partial charge >= 0.3 is 0 Å². The first kappa shape index (κ1) is 14.3. The summed E-state index contributed by atoms with van der Waals surface area (Å²) < 4.78 is 0. The molecule has 5 atom stereocenters. The van der Waals surface area contributed by atoms with Crippen LogP contribution in [0.15, 0.2) is 11.6 Å². The molecule has 0 amide bonds. The maximum atomic E-state index is 10.5. The lowest BCUT2D eigenvalue weighted by Gasteiger charge is -2.58. The minimum absolute atomic E-state index is 0.263. The molecule has 3 saturated carbocycles. The smallest absolute Gasteiger partial charge is 0.168 e. The number of allylic oxidation sites excluding steroid dienone is 2. The number of hydrogen-bond donors (Lipinski definition) is 2. The van der Waals surface area contributed by atoms with Gasteiger partial charge in [-0.3, -0.25) is 0 Å². The van der Waals surface area contributed by atoms with Gasteiger partial charge in [0.1, 0.15) is 0 Å². The van der Waals surface area contributed by atoms with E-state index in [1.807, 2.05) is 0 Å². The normalized spacial score (nSPS) is 51.6. The van der Waals surface area contributed by atoms with Crippen LogP contribution in [0.2, 0.25) is 0 Å². The Morgan fingerprint density at radius 1 is 1.00 bits per heavy atom. The largest absolute Gasteiger partial charge is 0.365 e. The van der Waals surface area contributed by atoms with Crippen molar-refractivity contribution in [3.05, 3.63) is 11.6 Å². The van der Waals surface area contributed by atoms with Crippen molar-refractivity contribution in [3.8, 4) is 0 Å². The molecule has 0 aliphatic heterocycles. The molecule has 4 aliphatic carbocycles. The van der Waals surface area contributed by atoms with Crippen LogP contribution in [0.25, 0.3) is 0 Å². The van der Waals surface area contributed by atoms with Crippen LogP contribution in [0.1, 0.15) is 71.6 Å². The standard InChI is InChI=1S/C19H30O2/c1-17-10-4-3-5-13(17)6-7-14-15(17)8-11-18(2)16(14)9-12-19(18,20)21/h5,14-16,20-21H,3-4,6-12H2,1-2H3/t14-,15-,16+,17+,18+/m1/s1. The molecule has 0 spiro atoms. The van der Waals surface area contributed by atoms with Gasteiger partial charge in [-0.25, -0.2) is 0 Å². The summed E-state index contributed by atoms with van der Waals surface area (Å²) in [5, 5.41) is 21.0. The van der Waals surface area contributed by atoms with E-state index in [2.05, 4.69) is 19.9 Å². The number of fused-ring (bicyclic) bond motifs is 5. The third kappa shape index (κ3) is 1.72. The fourth-order valence-electron chi connectivity index (χ4n) is 6.75. The highest BCUT2D eigenvalue weighted by molar-refractivity contribution is 5.24. The molecule has 3 fully saturated rings. The topological polar surface area (TPSA) is 40.5 Å². The molecule has 0 saturated heterocycles. The van der Waals surface area contributed by atoms with Crippen molar-refractivity contribution in [1.29, 1.82) is 0 Å². The molecule has 4 rings (SSSR count). The molecule has 0 aromatic heterocycles. The molecule has 118 valence electrons. The molecule has 0 unspecified atom stereocenters. The first-order valence-electron chi connectivity index (χ1n) is 9.03. The average molecular weight is 290 g/mol. The second-order valence-electron chi connectivity index (χ2n) is 8.77. The van der Waals surface area contributed by atoms with Crippen molar-refractivity contribution < 1.29 is 10.2 Å². The van der Waals surface area contributed by atoms with Gasteiger partial charge in [0.25, 0.3) is 0 Å². The highest BCUT2D eigenvalue weighted by Crippen LogP contribution is 2.67. The SMILES string of the molecule is C[C@]12CCCC=C1CC[C@@H]1[C@H]2CC[C@@]2(C)[C@H]1CCC2(O)O. The Morgan fingerprint density at radius 3 is 2.57 bits per heavy atom. The van der Waals surface area contributed by atoms with Crippen LogP contribution in [-0.2, 0) is 0 Å². The van der Waals surface area contributed by atoms with Crippen molar-refractivity contribution in [2.24, 2.45) is 28.6 Å². The van der Waals surface area contributed by atoms with Crippen molar-refractivity contribution in [1.82, 2.24) is 0 Å². The van der Waals surface area contributed by atoms with E-state index in [0.29, 0.717) is 23.7 Å². The Balaban J connectivity index is 1.69. The van der Waals surface area contributed by atoms with Crippen molar-refractivity contribution in [2.45, 2.75) is 77.4 Å². The van der Waals surface area contributed by atoms with Gasteiger partial charge in [0.15, 0.2) is 5.79 Å². The molecule has 0 bridgehead atoms. The second-order valence-corrected chi connectivity index (χ2v) is 8.77. The molecular formula is C19H30O2. The van der Waals surface area contributed by atoms with Gasteiger partial charge in [-0.05, 0) is 74.5 Å². The average Bonchev–Trinajstić information content (AvgIpc) is 2.69. The molecule has 2 N–H and O–H groups in total. The van der Waals surface area contributed by atoms with Gasteiger partial charge in [-0.2, -0.15) is 0 Å². The van der Waals surface area contributed by atoms with E-state index < -0.39 is 5.79 Å². The summed E-state index contributed by atoms with van der Waals surface area (Å²) in [6.07, 6.45) is 12.8. The van der Waals surface area contributed by atoms with Gasteiger partial charge in [-0.1, -0.05) is 25.5 Å². The van der Waals surface area contributed by atoms with E-state index in [-0.39, 0.29) is 5.41 Å². The Bertz CT molecular complexity index is 480. The number of aliphatic hydroxyl groups is 2. The molecule has 2 heteroatoms. The van der Waals surface area contributed by atoms with E-state index in [1.165, 1.54) is 38.5 Å². The van der Waals surface area contributed by atoms with Crippen molar-refractivity contribution in [3.63, 3.8) is 0 Å². The fraction of sp³-hybridized carbons (Fsp3) is 0.895. The summed E-state index contributed by atoms with van der Waals surface area (Å²) in [6.45, 7) is 4.66. The van der Waals surface area contributed by atoms with Gasteiger partial charge in [0, 0.05) is 11.8 Å². The molecule has 0 radical (unpaired) electrons. The first-order chi connectivity index (χ1) is 9.88. The predicted octanol–water partition coefficient (Wildman–Crippen LogP) is 4.02. The molecule has 0 aromatic rings. The highest BCUT2D eigenvalue weighted by atomic mass is 16.5. The fourth-order valence-corrected chi connectivity index (χ4v) is 6.75. The number of rotatable bonds is 0. The molecular weight excluding hydrogens is 260 g/mol. The third-order valence-electron chi connectivity index (χ3n) is 8.14. The van der Waals surface area contributed by atoms with E-state index in [1.54, 1.807) is 5.57 Å². The number of hydrogen-bond acceptors (Lipinski definition) is 2. The van der Waals surface area contributed by atoms with Crippen molar-refractivity contribution in [2.75, 3.05) is 0 Å². The van der Waals surface area contributed by atoms with E-state index >= 15 is 0 Å². The maximum absolute atomic E-state index is 10.5. The molecule has 4 aliphatic rings. The quantitative estimate of drug-likeness (QED) is 0.522. The Kier molecular flexibility index (Phi) is 2.96. The summed E-state index contributed by atoms with van der Waals surface area (Å²) >= 11 is 0. The zero-order chi connectivity index (χ0) is 14.9. The molecule has 0 heterocycles. The van der Waals surface area contributed by atoms with Crippen LogP contribution >= 0.6 is 0 Å². The zero-order valence-corrected chi connectivity index (χ0v) is 13.6. The first-order valence-corrected chi connectivity index (χ1v) is 9.03. The minimum Gasteiger partial charge on any atom is -0.365 e. The lowest BCUT2D eigenvalue weighted by atomic mass is 9.47. The predicted molar refractivity (Wildman–Crippen MR) is 83.5 cm³/mol. The monoisotopic (exact) mass is 290 g/mol. The van der Waals surface area contributed by atoms with Crippen LogP contribution in [-0.4, -0.2) is 16.0 Å². The summed E-state index contributed by atoms with van der Waals surface area (Å²) in [5.74, 6) is 0.591. The Hall–Kier alpha value is -0.340.